The summed E-state index contributed by atoms with van der Waals surface area (Å²) in [6.07, 6.45) is 3.29. The second kappa shape index (κ2) is 7.94. The summed E-state index contributed by atoms with van der Waals surface area (Å²) in [5.74, 6) is 1.30. The molecule has 138 valence electrons. The second-order valence-electron chi connectivity index (χ2n) is 5.92. The van der Waals surface area contributed by atoms with Gasteiger partial charge >= 0.3 is 6.03 Å². The van der Waals surface area contributed by atoms with Gasteiger partial charge in [-0.3, -0.25) is 9.97 Å². The number of rotatable bonds is 4. The molecule has 0 saturated heterocycles. The minimum atomic E-state index is -0.357. The molecule has 0 aliphatic heterocycles. The van der Waals surface area contributed by atoms with Crippen LogP contribution in [0.2, 0.25) is 5.02 Å². The Morgan fingerprint density at radius 2 is 1.50 bits per heavy atom. The van der Waals surface area contributed by atoms with Crippen molar-refractivity contribution in [1.82, 2.24) is 9.97 Å². The van der Waals surface area contributed by atoms with Crippen LogP contribution in [0.25, 0.3) is 11.0 Å². The molecule has 2 N–H and O–H groups in total. The van der Waals surface area contributed by atoms with E-state index in [4.69, 9.17) is 16.3 Å². The van der Waals surface area contributed by atoms with Crippen LogP contribution in [0.1, 0.15) is 0 Å². The first-order valence-corrected chi connectivity index (χ1v) is 8.86. The van der Waals surface area contributed by atoms with Crippen molar-refractivity contribution in [3.63, 3.8) is 0 Å². The summed E-state index contributed by atoms with van der Waals surface area (Å²) in [6, 6.07) is 19.2. The van der Waals surface area contributed by atoms with Crippen molar-refractivity contribution in [1.29, 1.82) is 0 Å². The number of anilines is 2. The van der Waals surface area contributed by atoms with Crippen molar-refractivity contribution in [2.45, 2.75) is 0 Å². The zero-order valence-corrected chi connectivity index (χ0v) is 15.4. The van der Waals surface area contributed by atoms with Crippen LogP contribution in [-0.2, 0) is 0 Å². The van der Waals surface area contributed by atoms with E-state index >= 15 is 0 Å². The number of halogens is 1. The van der Waals surface area contributed by atoms with Crippen LogP contribution in [0.4, 0.5) is 16.2 Å². The third-order valence-electron chi connectivity index (χ3n) is 3.87. The smallest absolute Gasteiger partial charge is 0.323 e. The molecule has 1 aromatic heterocycles. The zero-order chi connectivity index (χ0) is 19.3. The number of hydrogen-bond acceptors (Lipinski definition) is 4. The van der Waals surface area contributed by atoms with Gasteiger partial charge in [-0.25, -0.2) is 4.79 Å². The van der Waals surface area contributed by atoms with E-state index in [1.807, 2.05) is 18.2 Å². The number of fused-ring (bicyclic) bond motifs is 1. The fourth-order valence-corrected chi connectivity index (χ4v) is 2.80. The van der Waals surface area contributed by atoms with Crippen molar-refractivity contribution in [3.05, 3.63) is 84.1 Å². The Labute approximate surface area is 166 Å². The molecule has 0 aliphatic rings. The minimum Gasteiger partial charge on any atom is -0.457 e. The lowest BCUT2D eigenvalue weighted by molar-refractivity contribution is 0.262. The minimum absolute atomic E-state index is 0.357. The zero-order valence-electron chi connectivity index (χ0n) is 14.6. The molecule has 0 spiro atoms. The summed E-state index contributed by atoms with van der Waals surface area (Å²) in [6.45, 7) is 0. The van der Waals surface area contributed by atoms with E-state index in [-0.39, 0.29) is 6.03 Å². The van der Waals surface area contributed by atoms with Crippen LogP contribution in [-0.4, -0.2) is 16.0 Å². The number of amides is 2. The first-order valence-electron chi connectivity index (χ1n) is 8.48. The van der Waals surface area contributed by atoms with Crippen LogP contribution < -0.4 is 15.4 Å². The van der Waals surface area contributed by atoms with Gasteiger partial charge in [0.05, 0.1) is 11.0 Å². The third-order valence-corrected chi connectivity index (χ3v) is 4.11. The molecule has 0 unspecified atom stereocenters. The lowest BCUT2D eigenvalue weighted by Crippen LogP contribution is -2.19. The van der Waals surface area contributed by atoms with Gasteiger partial charge < -0.3 is 15.4 Å². The molecule has 4 aromatic rings. The third kappa shape index (κ3) is 4.36. The van der Waals surface area contributed by atoms with Crippen LogP contribution in [0.5, 0.6) is 11.5 Å². The number of carbonyl (C=O) groups is 1. The maximum atomic E-state index is 12.1. The first kappa shape index (κ1) is 17.8. The Bertz CT molecular complexity index is 1130. The SMILES string of the molecule is O=C(Nc1ccc(Oc2ccc3nccnc3c2)cc1)Nc1cccc(Cl)c1. The largest absolute Gasteiger partial charge is 0.457 e. The van der Waals surface area contributed by atoms with E-state index in [1.54, 1.807) is 60.9 Å². The summed E-state index contributed by atoms with van der Waals surface area (Å²) in [5, 5.41) is 6.04. The van der Waals surface area contributed by atoms with Gasteiger partial charge in [0.2, 0.25) is 0 Å². The highest BCUT2D eigenvalue weighted by molar-refractivity contribution is 6.30. The molecule has 3 aromatic carbocycles. The van der Waals surface area contributed by atoms with E-state index in [0.29, 0.717) is 27.9 Å². The molecule has 0 bridgehead atoms. The quantitative estimate of drug-likeness (QED) is 0.467. The first-order chi connectivity index (χ1) is 13.7. The monoisotopic (exact) mass is 390 g/mol. The number of nitrogens with zero attached hydrogens (tertiary/aromatic N) is 2. The van der Waals surface area contributed by atoms with Crippen molar-refractivity contribution in [2.24, 2.45) is 0 Å². The van der Waals surface area contributed by atoms with E-state index in [1.165, 1.54) is 0 Å². The van der Waals surface area contributed by atoms with Gasteiger partial charge in [0, 0.05) is 34.9 Å². The van der Waals surface area contributed by atoms with Crippen LogP contribution in [0.3, 0.4) is 0 Å². The lowest BCUT2D eigenvalue weighted by Gasteiger charge is -2.10. The Kier molecular flexibility index (Phi) is 5.03. The van der Waals surface area contributed by atoms with Gasteiger partial charge in [-0.1, -0.05) is 17.7 Å². The van der Waals surface area contributed by atoms with Gasteiger partial charge in [-0.05, 0) is 54.6 Å². The number of ether oxygens (including phenoxy) is 1. The van der Waals surface area contributed by atoms with E-state index < -0.39 is 0 Å². The molecule has 28 heavy (non-hydrogen) atoms. The summed E-state index contributed by atoms with van der Waals surface area (Å²) in [5.41, 5.74) is 2.82. The molecule has 6 nitrogen and oxygen atoms in total. The predicted molar refractivity (Wildman–Crippen MR) is 110 cm³/mol. The maximum absolute atomic E-state index is 12.1. The van der Waals surface area contributed by atoms with Crippen LogP contribution in [0.15, 0.2) is 79.1 Å². The summed E-state index contributed by atoms with van der Waals surface area (Å²) < 4.78 is 5.84. The molecule has 1 heterocycles. The van der Waals surface area contributed by atoms with Crippen molar-refractivity contribution >= 4 is 40.0 Å². The average molecular weight is 391 g/mol. The van der Waals surface area contributed by atoms with Gasteiger partial charge in [0.15, 0.2) is 0 Å². The van der Waals surface area contributed by atoms with E-state index in [0.717, 1.165) is 11.0 Å². The molecular formula is C21H15ClN4O2. The molecule has 0 aliphatic carbocycles. The van der Waals surface area contributed by atoms with Gasteiger partial charge in [0.1, 0.15) is 11.5 Å². The number of carbonyl (C=O) groups excluding carboxylic acids is 1. The number of benzene rings is 3. The fourth-order valence-electron chi connectivity index (χ4n) is 2.61. The Balaban J connectivity index is 1.39. The van der Waals surface area contributed by atoms with Crippen LogP contribution >= 0.6 is 11.6 Å². The van der Waals surface area contributed by atoms with E-state index in [2.05, 4.69) is 20.6 Å². The van der Waals surface area contributed by atoms with E-state index in [9.17, 15) is 4.79 Å². The number of aromatic nitrogens is 2. The van der Waals surface area contributed by atoms with Crippen molar-refractivity contribution in [2.75, 3.05) is 10.6 Å². The number of nitrogens with one attached hydrogen (secondary N) is 2. The van der Waals surface area contributed by atoms with Crippen molar-refractivity contribution in [3.8, 4) is 11.5 Å². The topological polar surface area (TPSA) is 76.1 Å². The van der Waals surface area contributed by atoms with Crippen LogP contribution in [0, 0.1) is 0 Å². The Hall–Kier alpha value is -3.64. The van der Waals surface area contributed by atoms with Gasteiger partial charge in [0.25, 0.3) is 0 Å². The van der Waals surface area contributed by atoms with Gasteiger partial charge in [-0.2, -0.15) is 0 Å². The Morgan fingerprint density at radius 1 is 0.786 bits per heavy atom. The molecule has 0 fully saturated rings. The average Bonchev–Trinajstić information content (AvgIpc) is 2.69. The normalized spacial score (nSPS) is 10.5. The highest BCUT2D eigenvalue weighted by Crippen LogP contribution is 2.25. The lowest BCUT2D eigenvalue weighted by atomic mass is 10.2. The molecule has 0 saturated carbocycles. The molecule has 0 atom stereocenters. The van der Waals surface area contributed by atoms with Gasteiger partial charge in [-0.15, -0.1) is 0 Å². The second-order valence-corrected chi connectivity index (χ2v) is 6.36. The van der Waals surface area contributed by atoms with Crippen molar-refractivity contribution < 1.29 is 9.53 Å². The molecule has 4 rings (SSSR count). The Morgan fingerprint density at radius 3 is 2.29 bits per heavy atom. The molecule has 0 radical (unpaired) electrons. The number of urea groups is 1. The molecule has 2 amide bonds. The standard InChI is InChI=1S/C21H15ClN4O2/c22-14-2-1-3-16(12-14)26-21(27)25-15-4-6-17(7-5-15)28-18-8-9-19-20(13-18)24-11-10-23-19/h1-13H,(H2,25,26,27). The molecular weight excluding hydrogens is 376 g/mol. The molecule has 7 heteroatoms. The highest BCUT2D eigenvalue weighted by Gasteiger charge is 2.05. The summed E-state index contributed by atoms with van der Waals surface area (Å²) in [4.78, 5) is 20.6. The summed E-state index contributed by atoms with van der Waals surface area (Å²) in [7, 11) is 0. The predicted octanol–water partition coefficient (Wildman–Crippen LogP) is 5.72. The fraction of sp³-hybridized carbons (Fsp3) is 0. The number of hydrogen-bond donors (Lipinski definition) is 2. The maximum Gasteiger partial charge on any atom is 0.323 e. The highest BCUT2D eigenvalue weighted by atomic mass is 35.5. The summed E-state index contributed by atoms with van der Waals surface area (Å²) >= 11 is 5.91.